The Morgan fingerprint density at radius 3 is 2.34 bits per heavy atom. The van der Waals surface area contributed by atoms with Crippen molar-refractivity contribution in [3.8, 4) is 16.9 Å². The standard InChI is InChI=1S/C22H23N3O4/c1-14-20(15(2)29-25-14)16-9-11-18(12-10-16)28-13-19(26)24-21(22(27)23-3)17-7-5-4-6-8-17/h4-12,21H,13H2,1-3H3,(H,23,27)(H,24,26). The summed E-state index contributed by atoms with van der Waals surface area (Å²) in [5, 5.41) is 9.23. The second kappa shape index (κ2) is 9.05. The molecule has 1 heterocycles. The highest BCUT2D eigenvalue weighted by atomic mass is 16.5. The van der Waals surface area contributed by atoms with E-state index in [1.807, 2.05) is 44.2 Å². The summed E-state index contributed by atoms with van der Waals surface area (Å²) in [6.07, 6.45) is 0. The summed E-state index contributed by atoms with van der Waals surface area (Å²) in [7, 11) is 1.53. The summed E-state index contributed by atoms with van der Waals surface area (Å²) in [6, 6.07) is 15.6. The first-order valence-corrected chi connectivity index (χ1v) is 9.21. The summed E-state index contributed by atoms with van der Waals surface area (Å²) in [5.74, 6) is 0.606. The van der Waals surface area contributed by atoms with E-state index in [4.69, 9.17) is 9.26 Å². The topological polar surface area (TPSA) is 93.5 Å². The van der Waals surface area contributed by atoms with Gasteiger partial charge in [0, 0.05) is 12.6 Å². The second-order valence-electron chi connectivity index (χ2n) is 6.54. The van der Waals surface area contributed by atoms with Crippen molar-refractivity contribution in [2.75, 3.05) is 13.7 Å². The number of likely N-dealkylation sites (N-methyl/N-ethyl adjacent to an activating group) is 1. The van der Waals surface area contributed by atoms with Crippen molar-refractivity contribution < 1.29 is 18.8 Å². The second-order valence-corrected chi connectivity index (χ2v) is 6.54. The first-order valence-electron chi connectivity index (χ1n) is 9.21. The van der Waals surface area contributed by atoms with Crippen LogP contribution in [0.5, 0.6) is 5.75 Å². The minimum atomic E-state index is -0.779. The molecule has 0 spiro atoms. The molecule has 0 radical (unpaired) electrons. The van der Waals surface area contributed by atoms with Gasteiger partial charge in [-0.05, 0) is 37.1 Å². The van der Waals surface area contributed by atoms with E-state index in [0.717, 1.165) is 22.6 Å². The molecule has 7 nitrogen and oxygen atoms in total. The molecule has 7 heteroatoms. The Balaban J connectivity index is 1.62. The maximum Gasteiger partial charge on any atom is 0.258 e. The zero-order valence-corrected chi connectivity index (χ0v) is 16.6. The van der Waals surface area contributed by atoms with Crippen LogP contribution in [0.4, 0.5) is 0 Å². The van der Waals surface area contributed by atoms with Gasteiger partial charge in [0.05, 0.1) is 5.69 Å². The molecule has 3 rings (SSSR count). The molecule has 0 saturated heterocycles. The van der Waals surface area contributed by atoms with Gasteiger partial charge in [-0.15, -0.1) is 0 Å². The molecule has 0 saturated carbocycles. The molecule has 2 N–H and O–H groups in total. The first-order chi connectivity index (χ1) is 14.0. The number of aromatic nitrogens is 1. The zero-order valence-electron chi connectivity index (χ0n) is 16.6. The third kappa shape index (κ3) is 4.82. The number of amides is 2. The fourth-order valence-corrected chi connectivity index (χ4v) is 3.05. The average Bonchev–Trinajstić information content (AvgIpc) is 3.09. The fourth-order valence-electron chi connectivity index (χ4n) is 3.05. The molecule has 2 aromatic carbocycles. The quantitative estimate of drug-likeness (QED) is 0.644. The van der Waals surface area contributed by atoms with Crippen molar-refractivity contribution in [2.24, 2.45) is 0 Å². The Kier molecular flexibility index (Phi) is 6.29. The molecule has 0 aliphatic heterocycles. The first kappa shape index (κ1) is 20.1. The van der Waals surface area contributed by atoms with Crippen molar-refractivity contribution in [3.63, 3.8) is 0 Å². The maximum absolute atomic E-state index is 12.3. The molecule has 0 fully saturated rings. The van der Waals surface area contributed by atoms with Crippen molar-refractivity contribution >= 4 is 11.8 Å². The van der Waals surface area contributed by atoms with Crippen LogP contribution >= 0.6 is 0 Å². The third-order valence-electron chi connectivity index (χ3n) is 4.49. The van der Waals surface area contributed by atoms with Crippen LogP contribution in [0.1, 0.15) is 23.1 Å². The number of ether oxygens (including phenoxy) is 1. The normalized spacial score (nSPS) is 11.6. The monoisotopic (exact) mass is 393 g/mol. The minimum absolute atomic E-state index is 0.203. The molecule has 0 bridgehead atoms. The Bertz CT molecular complexity index is 962. The Morgan fingerprint density at radius 1 is 1.07 bits per heavy atom. The SMILES string of the molecule is CNC(=O)C(NC(=O)COc1ccc(-c2c(C)noc2C)cc1)c1ccccc1. The van der Waals surface area contributed by atoms with E-state index in [1.54, 1.807) is 24.3 Å². The maximum atomic E-state index is 12.3. The fraction of sp³-hybridized carbons (Fsp3) is 0.227. The van der Waals surface area contributed by atoms with Gasteiger partial charge in [-0.2, -0.15) is 0 Å². The number of hydrogen-bond acceptors (Lipinski definition) is 5. The summed E-state index contributed by atoms with van der Waals surface area (Å²) in [5.41, 5.74) is 3.42. The number of nitrogens with one attached hydrogen (secondary N) is 2. The van der Waals surface area contributed by atoms with Crippen LogP contribution in [0.3, 0.4) is 0 Å². The van der Waals surface area contributed by atoms with Gasteiger partial charge in [0.25, 0.3) is 5.91 Å². The van der Waals surface area contributed by atoms with Crippen molar-refractivity contribution in [1.29, 1.82) is 0 Å². The number of benzene rings is 2. The number of aryl methyl sites for hydroxylation is 2. The molecule has 150 valence electrons. The molecule has 1 aromatic heterocycles. The van der Waals surface area contributed by atoms with Gasteiger partial charge in [-0.1, -0.05) is 47.6 Å². The van der Waals surface area contributed by atoms with Crippen LogP contribution < -0.4 is 15.4 Å². The molecule has 0 aliphatic rings. The molecule has 29 heavy (non-hydrogen) atoms. The van der Waals surface area contributed by atoms with Crippen LogP contribution in [0, 0.1) is 13.8 Å². The predicted molar refractivity (Wildman–Crippen MR) is 108 cm³/mol. The van der Waals surface area contributed by atoms with Crippen LogP contribution in [-0.4, -0.2) is 30.6 Å². The van der Waals surface area contributed by atoms with Gasteiger partial charge in [0.2, 0.25) is 5.91 Å². The van der Waals surface area contributed by atoms with E-state index >= 15 is 0 Å². The number of carbonyl (C=O) groups is 2. The lowest BCUT2D eigenvalue weighted by Gasteiger charge is -2.18. The van der Waals surface area contributed by atoms with E-state index in [1.165, 1.54) is 7.05 Å². The molecule has 2 amide bonds. The van der Waals surface area contributed by atoms with Crippen molar-refractivity contribution in [2.45, 2.75) is 19.9 Å². The Hall–Kier alpha value is -3.61. The number of rotatable bonds is 7. The molecular formula is C22H23N3O4. The molecular weight excluding hydrogens is 370 g/mol. The lowest BCUT2D eigenvalue weighted by Crippen LogP contribution is -2.40. The Morgan fingerprint density at radius 2 is 1.76 bits per heavy atom. The average molecular weight is 393 g/mol. The van der Waals surface area contributed by atoms with Crippen LogP contribution in [0.2, 0.25) is 0 Å². The van der Waals surface area contributed by atoms with E-state index in [9.17, 15) is 9.59 Å². The van der Waals surface area contributed by atoms with E-state index in [0.29, 0.717) is 11.3 Å². The largest absolute Gasteiger partial charge is 0.484 e. The van der Waals surface area contributed by atoms with Gasteiger partial charge in [0.1, 0.15) is 17.6 Å². The van der Waals surface area contributed by atoms with Gasteiger partial charge in [0.15, 0.2) is 6.61 Å². The molecule has 3 aromatic rings. The molecule has 1 atom stereocenters. The van der Waals surface area contributed by atoms with Gasteiger partial charge < -0.3 is 19.9 Å². The van der Waals surface area contributed by atoms with Crippen LogP contribution in [0.15, 0.2) is 59.1 Å². The number of hydrogen-bond donors (Lipinski definition) is 2. The summed E-state index contributed by atoms with van der Waals surface area (Å²) in [4.78, 5) is 24.5. The third-order valence-corrected chi connectivity index (χ3v) is 4.49. The van der Waals surface area contributed by atoms with E-state index < -0.39 is 11.9 Å². The van der Waals surface area contributed by atoms with Crippen LogP contribution in [0.25, 0.3) is 11.1 Å². The van der Waals surface area contributed by atoms with Gasteiger partial charge >= 0.3 is 0 Å². The minimum Gasteiger partial charge on any atom is -0.484 e. The van der Waals surface area contributed by atoms with Gasteiger partial charge in [-0.3, -0.25) is 9.59 Å². The van der Waals surface area contributed by atoms with Gasteiger partial charge in [-0.25, -0.2) is 0 Å². The highest BCUT2D eigenvalue weighted by Gasteiger charge is 2.21. The predicted octanol–water partition coefficient (Wildman–Crippen LogP) is 2.94. The van der Waals surface area contributed by atoms with E-state index in [-0.39, 0.29) is 12.5 Å². The smallest absolute Gasteiger partial charge is 0.258 e. The molecule has 1 unspecified atom stereocenters. The summed E-state index contributed by atoms with van der Waals surface area (Å²) >= 11 is 0. The van der Waals surface area contributed by atoms with Crippen LogP contribution in [-0.2, 0) is 9.59 Å². The van der Waals surface area contributed by atoms with Crippen molar-refractivity contribution in [3.05, 3.63) is 71.6 Å². The Labute approximate surface area is 169 Å². The summed E-state index contributed by atoms with van der Waals surface area (Å²) < 4.78 is 10.8. The van der Waals surface area contributed by atoms with E-state index in [2.05, 4.69) is 15.8 Å². The lowest BCUT2D eigenvalue weighted by molar-refractivity contribution is -0.129. The highest BCUT2D eigenvalue weighted by molar-refractivity contribution is 5.89. The number of carbonyl (C=O) groups excluding carboxylic acids is 2. The highest BCUT2D eigenvalue weighted by Crippen LogP contribution is 2.28. The number of nitrogens with zero attached hydrogens (tertiary/aromatic N) is 1. The lowest BCUT2D eigenvalue weighted by atomic mass is 10.0. The zero-order chi connectivity index (χ0) is 20.8. The van der Waals surface area contributed by atoms with Crippen molar-refractivity contribution in [1.82, 2.24) is 15.8 Å². The summed E-state index contributed by atoms with van der Waals surface area (Å²) in [6.45, 7) is 3.54. The molecule has 0 aliphatic carbocycles.